The van der Waals surface area contributed by atoms with E-state index in [0.29, 0.717) is 6.42 Å². The van der Waals surface area contributed by atoms with Crippen LogP contribution >= 0.6 is 0 Å². The molecule has 0 unspecified atom stereocenters. The van der Waals surface area contributed by atoms with Gasteiger partial charge in [0.25, 0.3) is 0 Å². The minimum absolute atomic E-state index is 0.122. The zero-order valence-corrected chi connectivity index (χ0v) is 23.4. The van der Waals surface area contributed by atoms with Crippen molar-refractivity contribution in [2.45, 2.75) is 123 Å². The van der Waals surface area contributed by atoms with Crippen LogP contribution in [0.5, 0.6) is 0 Å². The molecule has 42 heavy (non-hydrogen) atoms. The Bertz CT molecular complexity index is 866. The van der Waals surface area contributed by atoms with Crippen molar-refractivity contribution >= 4 is 0 Å². The lowest BCUT2D eigenvalue weighted by Gasteiger charge is -2.44. The monoisotopic (exact) mass is 620 g/mol. The van der Waals surface area contributed by atoms with Crippen molar-refractivity contribution in [1.82, 2.24) is 0 Å². The molecule has 0 bridgehead atoms. The van der Waals surface area contributed by atoms with Crippen LogP contribution < -0.4 is 28.7 Å². The summed E-state index contributed by atoms with van der Waals surface area (Å²) in [5, 5.41) is 83.0. The maximum atomic E-state index is 11.2. The van der Waals surface area contributed by atoms with Crippen LogP contribution in [0.2, 0.25) is 0 Å². The van der Waals surface area contributed by atoms with Gasteiger partial charge in [0.1, 0.15) is 91.9 Å². The zero-order valence-electron chi connectivity index (χ0n) is 23.4. The summed E-state index contributed by atoms with van der Waals surface area (Å²) < 4.78 is 35.2. The highest BCUT2D eigenvalue weighted by atomic mass is 16.8. The summed E-state index contributed by atoms with van der Waals surface area (Å²) >= 11 is 0. The standard InChI is InChI=1S/C23H45N5O14/c24-2-7-13(32)15(34)10(27)21(37-7)41-19-9(4-30)39-23(17(19)36)42-20-12(31)5(25)1-6(26)18(20)40-22-11(28)16(35)14(33)8(3-29)38-22/h5-23,29-36H,1-4,24-28H2/p+5/t5-,6+,7+,8-,9-,10-,11-,12+,13-,14-,15-,16-,17-,18-,19-,20-,21-,22-,23+/m1/s1. The molecule has 0 aromatic rings. The SMILES string of the molecule is [NH3+]C[C@@H]1O[C@H](O[C@H]2[C@@H](O)[C@H](O[C@@H]3[C@@H](O)[C@H]([NH3+])C[C@H]([NH3+])[C@H]3O[C@H]3O[C@H](CO)[C@@H](O)[C@H](O)[C@H]3[NH3+])O[C@@H]2CO)[C@H]([NH3+])[C@@H](O)[C@@H]1O. The maximum absolute atomic E-state index is 11.2. The number of aliphatic hydroxyl groups is 8. The third-order valence-corrected chi connectivity index (χ3v) is 8.68. The molecule has 4 aliphatic rings. The molecule has 19 atom stereocenters. The molecule has 4 fully saturated rings. The summed E-state index contributed by atoms with van der Waals surface area (Å²) in [4.78, 5) is 0. The minimum atomic E-state index is -1.52. The van der Waals surface area contributed by atoms with E-state index in [-0.39, 0.29) is 6.54 Å². The third-order valence-electron chi connectivity index (χ3n) is 8.68. The fourth-order valence-electron chi connectivity index (χ4n) is 5.97. The van der Waals surface area contributed by atoms with Gasteiger partial charge < -0.3 is 97.9 Å². The Morgan fingerprint density at radius 1 is 0.524 bits per heavy atom. The number of rotatable bonds is 9. The van der Waals surface area contributed by atoms with Crippen LogP contribution in [0.15, 0.2) is 0 Å². The van der Waals surface area contributed by atoms with Crippen molar-refractivity contribution in [3.05, 3.63) is 0 Å². The fraction of sp³-hybridized carbons (Fsp3) is 1.00. The second-order valence-corrected chi connectivity index (χ2v) is 11.6. The fourth-order valence-corrected chi connectivity index (χ4v) is 5.97. The Kier molecular flexibility index (Phi) is 11.5. The maximum Gasteiger partial charge on any atom is 0.214 e. The highest BCUT2D eigenvalue weighted by Gasteiger charge is 2.56. The molecule has 0 spiro atoms. The second kappa shape index (κ2) is 14.1. The van der Waals surface area contributed by atoms with Gasteiger partial charge in [-0.3, -0.25) is 0 Å². The number of hydrogen-bond acceptors (Lipinski definition) is 14. The first-order valence-corrected chi connectivity index (χ1v) is 14.2. The van der Waals surface area contributed by atoms with E-state index in [1.54, 1.807) is 0 Å². The number of quaternary nitrogens is 5. The number of ether oxygens (including phenoxy) is 6. The van der Waals surface area contributed by atoms with Gasteiger partial charge in [-0.2, -0.15) is 0 Å². The normalized spacial score (nSPS) is 53.8. The molecule has 19 heteroatoms. The zero-order chi connectivity index (χ0) is 31.0. The van der Waals surface area contributed by atoms with Gasteiger partial charge in [-0.1, -0.05) is 0 Å². The Morgan fingerprint density at radius 2 is 1.00 bits per heavy atom. The van der Waals surface area contributed by atoms with Crippen LogP contribution in [0.3, 0.4) is 0 Å². The molecule has 246 valence electrons. The van der Waals surface area contributed by atoms with Gasteiger partial charge in [0.15, 0.2) is 18.4 Å². The predicted octanol–water partition coefficient (Wildman–Crippen LogP) is -12.4. The van der Waals surface area contributed by atoms with Gasteiger partial charge in [-0.15, -0.1) is 0 Å². The van der Waals surface area contributed by atoms with Crippen LogP contribution in [-0.4, -0.2) is 177 Å². The molecular formula is C23H50N5O14+5. The van der Waals surface area contributed by atoms with E-state index in [0.717, 1.165) is 0 Å². The average Bonchev–Trinajstić information content (AvgIpc) is 3.27. The molecular weight excluding hydrogens is 570 g/mol. The third kappa shape index (κ3) is 6.60. The predicted molar refractivity (Wildman–Crippen MR) is 130 cm³/mol. The summed E-state index contributed by atoms with van der Waals surface area (Å²) in [5.74, 6) is 0. The van der Waals surface area contributed by atoms with Gasteiger partial charge >= 0.3 is 0 Å². The molecule has 0 aromatic carbocycles. The summed E-state index contributed by atoms with van der Waals surface area (Å²) in [6.45, 7) is -1.06. The van der Waals surface area contributed by atoms with Crippen LogP contribution in [0.1, 0.15) is 6.42 Å². The van der Waals surface area contributed by atoms with Gasteiger partial charge in [0.2, 0.25) is 12.6 Å². The summed E-state index contributed by atoms with van der Waals surface area (Å²) in [7, 11) is 0. The lowest BCUT2D eigenvalue weighted by molar-refractivity contribution is -0.533. The molecule has 0 amide bonds. The minimum Gasteiger partial charge on any atom is -0.394 e. The van der Waals surface area contributed by atoms with Crippen molar-refractivity contribution in [3.63, 3.8) is 0 Å². The Labute approximate surface area is 240 Å². The van der Waals surface area contributed by atoms with Gasteiger partial charge in [-0.25, -0.2) is 0 Å². The van der Waals surface area contributed by atoms with Crippen molar-refractivity contribution in [1.29, 1.82) is 0 Å². The molecule has 0 radical (unpaired) electrons. The highest BCUT2D eigenvalue weighted by Crippen LogP contribution is 2.33. The van der Waals surface area contributed by atoms with Crippen molar-refractivity contribution < 1.29 is 97.9 Å². The first-order valence-electron chi connectivity index (χ1n) is 14.2. The molecule has 1 aliphatic carbocycles. The van der Waals surface area contributed by atoms with E-state index in [4.69, 9.17) is 28.4 Å². The summed E-state index contributed by atoms with van der Waals surface area (Å²) in [6, 6.07) is -3.00. The summed E-state index contributed by atoms with van der Waals surface area (Å²) in [5.41, 5.74) is 19.4. The molecule has 3 aliphatic heterocycles. The molecule has 3 heterocycles. The van der Waals surface area contributed by atoms with Crippen molar-refractivity contribution in [2.75, 3.05) is 19.8 Å². The van der Waals surface area contributed by atoms with Gasteiger partial charge in [0, 0.05) is 0 Å². The van der Waals surface area contributed by atoms with E-state index in [9.17, 15) is 40.9 Å². The van der Waals surface area contributed by atoms with Crippen LogP contribution in [-0.2, 0) is 28.4 Å². The topological polar surface area (TPSA) is 355 Å². The van der Waals surface area contributed by atoms with Crippen molar-refractivity contribution in [3.8, 4) is 0 Å². The summed E-state index contributed by atoms with van der Waals surface area (Å²) in [6.07, 6.45) is -18.1. The van der Waals surface area contributed by atoms with E-state index in [1.807, 2.05) is 0 Å². The van der Waals surface area contributed by atoms with Crippen LogP contribution in [0, 0.1) is 0 Å². The number of hydrogen-bond donors (Lipinski definition) is 13. The van der Waals surface area contributed by atoms with Gasteiger partial charge in [-0.05, 0) is 0 Å². The van der Waals surface area contributed by atoms with Gasteiger partial charge in [0.05, 0.1) is 19.6 Å². The Balaban J connectivity index is 1.50. The van der Waals surface area contributed by atoms with E-state index < -0.39 is 129 Å². The largest absolute Gasteiger partial charge is 0.394 e. The quantitative estimate of drug-likeness (QED) is 0.114. The van der Waals surface area contributed by atoms with E-state index in [1.165, 1.54) is 0 Å². The molecule has 0 aromatic heterocycles. The second-order valence-electron chi connectivity index (χ2n) is 11.6. The molecule has 4 rings (SSSR count). The van der Waals surface area contributed by atoms with Crippen molar-refractivity contribution in [2.24, 2.45) is 0 Å². The highest BCUT2D eigenvalue weighted by molar-refractivity contribution is 4.98. The van der Waals surface area contributed by atoms with Crippen LogP contribution in [0.25, 0.3) is 0 Å². The smallest absolute Gasteiger partial charge is 0.214 e. The molecule has 1 saturated carbocycles. The Hall–Kier alpha value is -0.760. The molecule has 3 saturated heterocycles. The number of aliphatic hydroxyl groups excluding tert-OH is 8. The average molecular weight is 621 g/mol. The Morgan fingerprint density at radius 3 is 1.55 bits per heavy atom. The lowest BCUT2D eigenvalue weighted by atomic mass is 9.84. The van der Waals surface area contributed by atoms with Crippen LogP contribution in [0.4, 0.5) is 0 Å². The first-order chi connectivity index (χ1) is 19.8. The first kappa shape index (κ1) is 34.1. The lowest BCUT2D eigenvalue weighted by Crippen LogP contribution is -2.84. The van der Waals surface area contributed by atoms with E-state index >= 15 is 0 Å². The molecule has 23 N–H and O–H groups in total. The molecule has 19 nitrogen and oxygen atoms in total. The van der Waals surface area contributed by atoms with E-state index in [2.05, 4.69) is 28.7 Å².